The van der Waals surface area contributed by atoms with Crippen molar-refractivity contribution >= 4 is 17.6 Å². The quantitative estimate of drug-likeness (QED) is 0.561. The third kappa shape index (κ3) is 4.61. The lowest BCUT2D eigenvalue weighted by Gasteiger charge is -2.11. The molecule has 0 aliphatic heterocycles. The first-order valence-electron chi connectivity index (χ1n) is 8.10. The van der Waals surface area contributed by atoms with Crippen LogP contribution >= 0.6 is 0 Å². The summed E-state index contributed by atoms with van der Waals surface area (Å²) in [7, 11) is 6.03. The Kier molecular flexibility index (Phi) is 6.88. The lowest BCUT2D eigenvalue weighted by Crippen LogP contribution is -1.97. The van der Waals surface area contributed by atoms with E-state index in [2.05, 4.69) is 0 Å². The Morgan fingerprint density at radius 2 is 1.44 bits per heavy atom. The van der Waals surface area contributed by atoms with E-state index in [1.54, 1.807) is 49.6 Å². The molecule has 0 aliphatic carbocycles. The van der Waals surface area contributed by atoms with Gasteiger partial charge in [0.2, 0.25) is 0 Å². The molecule has 2 rings (SSSR count). The number of ether oxygens (including phenoxy) is 4. The van der Waals surface area contributed by atoms with Crippen molar-refractivity contribution in [2.75, 3.05) is 28.4 Å². The van der Waals surface area contributed by atoms with E-state index >= 15 is 0 Å². The number of benzene rings is 2. The van der Waals surface area contributed by atoms with E-state index < -0.39 is 5.78 Å². The van der Waals surface area contributed by atoms with Crippen molar-refractivity contribution in [2.24, 2.45) is 0 Å². The molecule has 0 spiro atoms. The van der Waals surface area contributed by atoms with Crippen LogP contribution in [-0.4, -0.2) is 39.3 Å². The molecule has 0 amide bonds. The fourth-order valence-electron chi connectivity index (χ4n) is 2.56. The molecule has 27 heavy (non-hydrogen) atoms. The van der Waals surface area contributed by atoms with Crippen LogP contribution < -0.4 is 18.9 Å². The van der Waals surface area contributed by atoms with E-state index in [4.69, 9.17) is 18.9 Å². The number of hydrogen-bond acceptors (Lipinski definition) is 6. The van der Waals surface area contributed by atoms with E-state index in [0.29, 0.717) is 34.1 Å². The molecular weight excluding hydrogens is 348 g/mol. The monoisotopic (exact) mass is 370 g/mol. The summed E-state index contributed by atoms with van der Waals surface area (Å²) in [4.78, 5) is 12.2. The van der Waals surface area contributed by atoms with Gasteiger partial charge in [-0.3, -0.25) is 4.79 Å². The van der Waals surface area contributed by atoms with Gasteiger partial charge < -0.3 is 24.1 Å². The van der Waals surface area contributed by atoms with E-state index in [0.717, 1.165) is 6.08 Å². The van der Waals surface area contributed by atoms with Crippen LogP contribution in [0.15, 0.2) is 48.6 Å². The Morgan fingerprint density at radius 1 is 0.852 bits per heavy atom. The van der Waals surface area contributed by atoms with Gasteiger partial charge in [-0.25, -0.2) is 0 Å². The Labute approximate surface area is 158 Å². The number of allylic oxidation sites excluding steroid dienone is 2. The second-order valence-corrected chi connectivity index (χ2v) is 5.39. The minimum atomic E-state index is -0.401. The number of para-hydroxylation sites is 2. The van der Waals surface area contributed by atoms with Crippen LogP contribution in [0.3, 0.4) is 0 Å². The van der Waals surface area contributed by atoms with Gasteiger partial charge in [0, 0.05) is 11.6 Å². The summed E-state index contributed by atoms with van der Waals surface area (Å²) in [5.41, 5.74) is 1.04. The molecular formula is C21H22O6. The van der Waals surface area contributed by atoms with Gasteiger partial charge in [0.25, 0.3) is 0 Å². The highest BCUT2D eigenvalue weighted by molar-refractivity contribution is 6.06. The summed E-state index contributed by atoms with van der Waals surface area (Å²) < 4.78 is 21.0. The van der Waals surface area contributed by atoms with Crippen molar-refractivity contribution in [3.8, 4) is 23.0 Å². The van der Waals surface area contributed by atoms with Gasteiger partial charge in [0.05, 0.1) is 34.0 Å². The standard InChI is InChI=1S/C21H22O6/c1-24-18-9-5-7-14(20(18)26-3)11-12-15(22)13-17(23)16-8-6-10-19(25-2)21(16)27-4/h5-13,23H,1-4H3. The zero-order valence-corrected chi connectivity index (χ0v) is 15.7. The number of hydrogen-bond donors (Lipinski definition) is 1. The van der Waals surface area contributed by atoms with Crippen molar-refractivity contribution in [3.05, 3.63) is 59.7 Å². The highest BCUT2D eigenvalue weighted by atomic mass is 16.5. The number of carbonyl (C=O) groups excluding carboxylic acids is 1. The van der Waals surface area contributed by atoms with Crippen LogP contribution in [0.4, 0.5) is 0 Å². The summed E-state index contributed by atoms with van der Waals surface area (Å²) in [5, 5.41) is 10.3. The van der Waals surface area contributed by atoms with Crippen LogP contribution in [-0.2, 0) is 4.79 Å². The van der Waals surface area contributed by atoms with Crippen LogP contribution in [0.2, 0.25) is 0 Å². The first kappa shape index (κ1) is 19.9. The number of ketones is 1. The summed E-state index contributed by atoms with van der Waals surface area (Å²) in [5.74, 6) is 1.26. The molecule has 0 saturated carbocycles. The molecule has 6 heteroatoms. The molecule has 1 N–H and O–H groups in total. The third-order valence-corrected chi connectivity index (χ3v) is 3.82. The van der Waals surface area contributed by atoms with Crippen molar-refractivity contribution < 1.29 is 28.8 Å². The number of carbonyl (C=O) groups is 1. The van der Waals surface area contributed by atoms with Gasteiger partial charge >= 0.3 is 0 Å². The maximum atomic E-state index is 12.2. The second-order valence-electron chi connectivity index (χ2n) is 5.39. The van der Waals surface area contributed by atoms with Gasteiger partial charge in [-0.15, -0.1) is 0 Å². The maximum Gasteiger partial charge on any atom is 0.182 e. The van der Waals surface area contributed by atoms with Crippen LogP contribution in [0.25, 0.3) is 11.8 Å². The van der Waals surface area contributed by atoms with E-state index in [1.807, 2.05) is 0 Å². The van der Waals surface area contributed by atoms with Gasteiger partial charge in [-0.2, -0.15) is 0 Å². The topological polar surface area (TPSA) is 74.2 Å². The smallest absolute Gasteiger partial charge is 0.182 e. The first-order valence-corrected chi connectivity index (χ1v) is 8.10. The highest BCUT2D eigenvalue weighted by Gasteiger charge is 2.13. The Morgan fingerprint density at radius 3 is 2.04 bits per heavy atom. The maximum absolute atomic E-state index is 12.2. The average molecular weight is 370 g/mol. The fourth-order valence-corrected chi connectivity index (χ4v) is 2.56. The lowest BCUT2D eigenvalue weighted by atomic mass is 10.1. The van der Waals surface area contributed by atoms with E-state index in [1.165, 1.54) is 27.4 Å². The van der Waals surface area contributed by atoms with Crippen LogP contribution in [0, 0.1) is 0 Å². The molecule has 0 heterocycles. The number of aliphatic hydroxyl groups is 1. The number of rotatable bonds is 8. The Hall–Kier alpha value is -3.41. The molecule has 2 aromatic carbocycles. The normalized spacial score (nSPS) is 11.3. The molecule has 0 aliphatic rings. The van der Waals surface area contributed by atoms with Gasteiger partial charge in [-0.1, -0.05) is 18.2 Å². The second kappa shape index (κ2) is 9.33. The van der Waals surface area contributed by atoms with Crippen LogP contribution in [0.5, 0.6) is 23.0 Å². The molecule has 0 saturated heterocycles. The van der Waals surface area contributed by atoms with E-state index in [9.17, 15) is 9.90 Å². The minimum absolute atomic E-state index is 0.224. The Balaban J connectivity index is 2.29. The molecule has 0 radical (unpaired) electrons. The highest BCUT2D eigenvalue weighted by Crippen LogP contribution is 2.34. The zero-order chi connectivity index (χ0) is 19.8. The lowest BCUT2D eigenvalue weighted by molar-refractivity contribution is -0.110. The first-order chi connectivity index (χ1) is 13.0. The predicted molar refractivity (Wildman–Crippen MR) is 104 cm³/mol. The molecule has 0 fully saturated rings. The largest absolute Gasteiger partial charge is 0.507 e. The Bertz CT molecular complexity index is 867. The van der Waals surface area contributed by atoms with Crippen molar-refractivity contribution in [1.29, 1.82) is 0 Å². The van der Waals surface area contributed by atoms with Gasteiger partial charge in [0.15, 0.2) is 28.8 Å². The molecule has 0 unspecified atom stereocenters. The predicted octanol–water partition coefficient (Wildman–Crippen LogP) is 3.90. The van der Waals surface area contributed by atoms with Crippen molar-refractivity contribution in [3.63, 3.8) is 0 Å². The average Bonchev–Trinajstić information content (AvgIpc) is 2.70. The van der Waals surface area contributed by atoms with Crippen molar-refractivity contribution in [1.82, 2.24) is 0 Å². The summed E-state index contributed by atoms with van der Waals surface area (Å²) in [6.45, 7) is 0. The zero-order valence-electron chi connectivity index (χ0n) is 15.7. The number of aliphatic hydroxyl groups excluding tert-OH is 1. The van der Waals surface area contributed by atoms with Gasteiger partial charge in [-0.05, 0) is 30.4 Å². The van der Waals surface area contributed by atoms with E-state index in [-0.39, 0.29) is 5.76 Å². The SMILES string of the molecule is COc1cccc(C=CC(=O)C=C(O)c2cccc(OC)c2OC)c1OC. The molecule has 0 atom stereocenters. The van der Waals surface area contributed by atoms with Gasteiger partial charge in [0.1, 0.15) is 5.76 Å². The fraction of sp³-hybridized carbons (Fsp3) is 0.190. The molecule has 142 valence electrons. The molecule has 0 bridgehead atoms. The van der Waals surface area contributed by atoms with Crippen molar-refractivity contribution in [2.45, 2.75) is 0 Å². The molecule has 0 aromatic heterocycles. The molecule has 2 aromatic rings. The summed E-state index contributed by atoms with van der Waals surface area (Å²) in [6, 6.07) is 10.4. The summed E-state index contributed by atoms with van der Waals surface area (Å²) >= 11 is 0. The molecule has 6 nitrogen and oxygen atoms in total. The summed E-state index contributed by atoms with van der Waals surface area (Å²) in [6.07, 6.45) is 4.04. The minimum Gasteiger partial charge on any atom is -0.507 e. The third-order valence-electron chi connectivity index (χ3n) is 3.82. The van der Waals surface area contributed by atoms with Crippen LogP contribution in [0.1, 0.15) is 11.1 Å². The number of methoxy groups -OCH3 is 4.